The molecule has 1 aromatic rings. The third-order valence-corrected chi connectivity index (χ3v) is 10.8. The van der Waals surface area contributed by atoms with Gasteiger partial charge in [0.1, 0.15) is 12.8 Å². The lowest BCUT2D eigenvalue weighted by Gasteiger charge is -2.63. The minimum atomic E-state index is -5.08. The Balaban J connectivity index is 1.33. The summed E-state index contributed by atoms with van der Waals surface area (Å²) in [5.74, 6) is -5.76. The molecule has 234 valence electrons. The van der Waals surface area contributed by atoms with E-state index in [0.29, 0.717) is 0 Å². The molecule has 13 heteroatoms. The first kappa shape index (κ1) is 30.3. The Morgan fingerprint density at radius 1 is 1.21 bits per heavy atom. The number of carbonyl (C=O) groups is 2. The van der Waals surface area contributed by atoms with Crippen LogP contribution in [0.1, 0.15) is 38.7 Å². The first-order valence-corrected chi connectivity index (χ1v) is 14.1. The Kier molecular flexibility index (Phi) is 6.78. The number of carbonyl (C=O) groups excluding carboxylic acids is 2. The van der Waals surface area contributed by atoms with E-state index in [4.69, 9.17) is 4.84 Å². The summed E-state index contributed by atoms with van der Waals surface area (Å²) in [4.78, 5) is 31.9. The van der Waals surface area contributed by atoms with Crippen molar-refractivity contribution in [3.05, 3.63) is 53.4 Å². The number of rotatable bonds is 5. The fourth-order valence-corrected chi connectivity index (χ4v) is 9.09. The standard InChI is InChI=1S/C30H31F6NO6/c1-26-6-5-17(39)9-20(26)21(31)10-19-18-8-16-13-37(12-15-3-4-23(22(32)7-15)42-30(34,35)36)43-29(16,25(41)14-38)27(18,2)11-24(40)28(19,26)33/h3-7,9,16,18-19,21,24,38,40H,8,10-14H2,1-2H3/t16-,18-,19-,21-,24-,26-,27-,28-,29-/m0/s1. The number of allylic oxidation sites excluding steroid dienone is 4. The third-order valence-electron chi connectivity index (χ3n) is 10.8. The van der Waals surface area contributed by atoms with Crippen molar-refractivity contribution in [1.29, 1.82) is 0 Å². The monoisotopic (exact) mass is 615 g/mol. The average molecular weight is 616 g/mol. The molecule has 0 aromatic heterocycles. The van der Waals surface area contributed by atoms with Gasteiger partial charge in [-0.2, -0.15) is 5.06 Å². The molecule has 1 saturated heterocycles. The van der Waals surface area contributed by atoms with Crippen LogP contribution in [0.25, 0.3) is 0 Å². The van der Waals surface area contributed by atoms with Crippen LogP contribution in [0.4, 0.5) is 26.3 Å². The number of hydrogen-bond acceptors (Lipinski definition) is 7. The molecule has 1 aliphatic heterocycles. The van der Waals surface area contributed by atoms with Crippen LogP contribution in [0.2, 0.25) is 0 Å². The Bertz CT molecular complexity index is 1430. The summed E-state index contributed by atoms with van der Waals surface area (Å²) < 4.78 is 88.8. The van der Waals surface area contributed by atoms with Crippen LogP contribution in [0.3, 0.4) is 0 Å². The van der Waals surface area contributed by atoms with Gasteiger partial charge in [-0.15, -0.1) is 13.2 Å². The highest BCUT2D eigenvalue weighted by Crippen LogP contribution is 2.72. The lowest BCUT2D eigenvalue weighted by molar-refractivity contribution is -0.275. The summed E-state index contributed by atoms with van der Waals surface area (Å²) in [5.41, 5.74) is -6.76. The van der Waals surface area contributed by atoms with Crippen molar-refractivity contribution in [3.8, 4) is 5.75 Å². The first-order valence-electron chi connectivity index (χ1n) is 14.1. The topological polar surface area (TPSA) is 96.3 Å². The second-order valence-electron chi connectivity index (χ2n) is 12.8. The smallest absolute Gasteiger partial charge is 0.403 e. The van der Waals surface area contributed by atoms with Crippen LogP contribution in [0, 0.1) is 34.4 Å². The number of hydroxylamine groups is 2. The molecule has 1 aromatic carbocycles. The number of hydrogen-bond donors (Lipinski definition) is 2. The second-order valence-corrected chi connectivity index (χ2v) is 12.8. The number of aliphatic hydroxyl groups excluding tert-OH is 2. The lowest BCUT2D eigenvalue weighted by Crippen LogP contribution is -2.70. The number of benzene rings is 1. The Morgan fingerprint density at radius 3 is 2.58 bits per heavy atom. The van der Waals surface area contributed by atoms with Gasteiger partial charge in [0.05, 0.1) is 6.10 Å². The van der Waals surface area contributed by atoms with Crippen molar-refractivity contribution in [1.82, 2.24) is 5.06 Å². The van der Waals surface area contributed by atoms with E-state index in [2.05, 4.69) is 4.74 Å². The second kappa shape index (κ2) is 9.63. The molecule has 43 heavy (non-hydrogen) atoms. The van der Waals surface area contributed by atoms with Gasteiger partial charge in [-0.05, 0) is 67.5 Å². The van der Waals surface area contributed by atoms with Gasteiger partial charge >= 0.3 is 6.36 Å². The van der Waals surface area contributed by atoms with E-state index in [-0.39, 0.29) is 43.5 Å². The van der Waals surface area contributed by atoms with Gasteiger partial charge in [0.15, 0.2) is 34.4 Å². The van der Waals surface area contributed by atoms with Gasteiger partial charge in [0.25, 0.3) is 0 Å². The summed E-state index contributed by atoms with van der Waals surface area (Å²) in [5, 5.41) is 22.9. The number of Topliss-reactive ketones (excluding diaryl/α,β-unsaturated/α-hetero) is 1. The molecule has 7 nitrogen and oxygen atoms in total. The van der Waals surface area contributed by atoms with E-state index < -0.39 is 88.2 Å². The van der Waals surface area contributed by atoms with E-state index in [1.807, 2.05) is 0 Å². The van der Waals surface area contributed by atoms with Crippen LogP contribution < -0.4 is 4.74 Å². The van der Waals surface area contributed by atoms with Gasteiger partial charge in [-0.25, -0.2) is 13.2 Å². The highest BCUT2D eigenvalue weighted by molar-refractivity contribution is 6.01. The summed E-state index contributed by atoms with van der Waals surface area (Å²) >= 11 is 0. The maximum atomic E-state index is 17.4. The maximum absolute atomic E-state index is 17.4. The molecule has 3 saturated carbocycles. The zero-order valence-electron chi connectivity index (χ0n) is 23.3. The van der Waals surface area contributed by atoms with Crippen molar-refractivity contribution < 1.29 is 55.7 Å². The number of aliphatic hydroxyl groups is 2. The number of fused-ring (bicyclic) bond motifs is 7. The molecule has 0 spiro atoms. The SMILES string of the molecule is C[C@]12C=CC(=O)C=C1[C@@H](F)C[C@H]1[C@@H]3C[C@H]4CN(Cc5ccc(OC(F)(F)F)c(F)c5)O[C@@]4(C(=O)CO)[C@@]3(C)C[C@H](O)[C@@]12F. The van der Waals surface area contributed by atoms with E-state index in [1.54, 1.807) is 6.92 Å². The predicted octanol–water partition coefficient (Wildman–Crippen LogP) is 4.32. The molecule has 1 heterocycles. The van der Waals surface area contributed by atoms with Crippen molar-refractivity contribution in [2.75, 3.05) is 13.2 Å². The molecule has 6 rings (SSSR count). The summed E-state index contributed by atoms with van der Waals surface area (Å²) in [6, 6.07) is 2.89. The number of halogens is 6. The molecule has 0 bridgehead atoms. The number of ether oxygens (including phenoxy) is 1. The molecule has 0 unspecified atom stereocenters. The largest absolute Gasteiger partial charge is 0.573 e. The van der Waals surface area contributed by atoms with E-state index in [9.17, 15) is 37.4 Å². The normalized spacial score (nSPS) is 42.1. The zero-order chi connectivity index (χ0) is 31.3. The van der Waals surface area contributed by atoms with E-state index >= 15 is 8.78 Å². The zero-order valence-corrected chi connectivity index (χ0v) is 23.3. The van der Waals surface area contributed by atoms with Gasteiger partial charge in [0.2, 0.25) is 0 Å². The van der Waals surface area contributed by atoms with E-state index in [0.717, 1.165) is 18.2 Å². The van der Waals surface area contributed by atoms with Crippen molar-refractivity contribution in [2.45, 2.75) is 69.6 Å². The first-order chi connectivity index (χ1) is 20.0. The molecular weight excluding hydrogens is 584 g/mol. The summed E-state index contributed by atoms with van der Waals surface area (Å²) in [6.45, 7) is 2.14. The average Bonchev–Trinajstić information content (AvgIpc) is 3.39. The fraction of sp³-hybridized carbons (Fsp3) is 0.600. The van der Waals surface area contributed by atoms with Gasteiger partial charge in [0, 0.05) is 35.8 Å². The Hall–Kier alpha value is -2.74. The maximum Gasteiger partial charge on any atom is 0.573 e. The third kappa shape index (κ3) is 4.10. The highest BCUT2D eigenvalue weighted by Gasteiger charge is 2.79. The number of alkyl halides is 5. The molecule has 4 aliphatic carbocycles. The van der Waals surface area contributed by atoms with Crippen molar-refractivity contribution in [3.63, 3.8) is 0 Å². The van der Waals surface area contributed by atoms with Crippen LogP contribution >= 0.6 is 0 Å². The molecule has 0 radical (unpaired) electrons. The van der Waals surface area contributed by atoms with Crippen molar-refractivity contribution >= 4 is 11.6 Å². The minimum absolute atomic E-state index is 0.0259. The molecule has 4 fully saturated rings. The van der Waals surface area contributed by atoms with Crippen LogP contribution in [-0.4, -0.2) is 69.9 Å². The van der Waals surface area contributed by atoms with Crippen molar-refractivity contribution in [2.24, 2.45) is 28.6 Å². The molecule has 9 atom stereocenters. The Morgan fingerprint density at radius 2 is 1.93 bits per heavy atom. The van der Waals surface area contributed by atoms with Gasteiger partial charge in [-0.3, -0.25) is 14.4 Å². The van der Waals surface area contributed by atoms with Crippen LogP contribution in [-0.2, 0) is 21.0 Å². The van der Waals surface area contributed by atoms with Crippen LogP contribution in [0.15, 0.2) is 42.0 Å². The number of nitrogens with zero attached hydrogens (tertiary/aromatic N) is 1. The van der Waals surface area contributed by atoms with Crippen LogP contribution in [0.5, 0.6) is 5.75 Å². The van der Waals surface area contributed by atoms with E-state index in [1.165, 1.54) is 30.2 Å². The minimum Gasteiger partial charge on any atom is -0.403 e. The predicted molar refractivity (Wildman–Crippen MR) is 137 cm³/mol. The quantitative estimate of drug-likeness (QED) is 0.477. The van der Waals surface area contributed by atoms with Gasteiger partial charge in [-0.1, -0.05) is 19.1 Å². The fourth-order valence-electron chi connectivity index (χ4n) is 9.09. The molecular formula is C30H31F6NO6. The lowest BCUT2D eigenvalue weighted by atomic mass is 9.44. The summed E-state index contributed by atoms with van der Waals surface area (Å²) in [7, 11) is 0. The highest BCUT2D eigenvalue weighted by atomic mass is 19.4. The molecule has 5 aliphatic rings. The number of ketones is 2. The molecule has 0 amide bonds. The Labute approximate surface area is 243 Å². The van der Waals surface area contributed by atoms with Gasteiger partial charge < -0.3 is 14.9 Å². The summed E-state index contributed by atoms with van der Waals surface area (Å²) in [6.07, 6.45) is -5.23. The molecule has 2 N–H and O–H groups in total.